The predicted molar refractivity (Wildman–Crippen MR) is 85.5 cm³/mol. The number of ether oxygens (including phenoxy) is 1. The van der Waals surface area contributed by atoms with Crippen molar-refractivity contribution in [1.29, 1.82) is 0 Å². The van der Waals surface area contributed by atoms with Gasteiger partial charge in [0.05, 0.1) is 6.42 Å². The van der Waals surface area contributed by atoms with Gasteiger partial charge in [-0.05, 0) is 24.8 Å². The van der Waals surface area contributed by atoms with Crippen molar-refractivity contribution < 1.29 is 24.0 Å². The van der Waals surface area contributed by atoms with E-state index in [2.05, 4.69) is 15.5 Å². The molecule has 25 heavy (non-hydrogen) atoms. The monoisotopic (exact) mass is 345 g/mol. The molecule has 1 aliphatic carbocycles. The number of alkyl carbamates (subject to hydrolysis) is 1. The molecule has 8 heteroatoms. The van der Waals surface area contributed by atoms with Gasteiger partial charge in [0.25, 0.3) is 0 Å². The molecule has 0 spiro atoms. The molecule has 8 nitrogen and oxygen atoms in total. The van der Waals surface area contributed by atoms with Crippen LogP contribution in [0.25, 0.3) is 0 Å². The van der Waals surface area contributed by atoms with E-state index in [4.69, 9.17) is 14.4 Å². The standard InChI is InChI=1S/C17H19N3O5/c21-14(22)8-7-13-18-15(20-25-13)17(9-4-10-17)19-16(23)24-11-12-5-2-1-3-6-12/h1-3,5-6H,4,7-11H2,(H,19,23)(H,21,22). The Morgan fingerprint density at radius 2 is 2.04 bits per heavy atom. The molecule has 0 saturated heterocycles. The molecule has 1 saturated carbocycles. The number of carbonyl (C=O) groups is 2. The van der Waals surface area contributed by atoms with E-state index in [-0.39, 0.29) is 25.3 Å². The van der Waals surface area contributed by atoms with E-state index in [0.29, 0.717) is 18.7 Å². The number of rotatable bonds is 7. The lowest BCUT2D eigenvalue weighted by Crippen LogP contribution is -2.51. The Labute approximate surface area is 144 Å². The highest BCUT2D eigenvalue weighted by Gasteiger charge is 2.44. The van der Waals surface area contributed by atoms with Crippen LogP contribution in [0, 0.1) is 0 Å². The Hall–Kier alpha value is -2.90. The SMILES string of the molecule is O=C(O)CCc1nc(C2(NC(=O)OCc3ccccc3)CCC2)no1. The summed E-state index contributed by atoms with van der Waals surface area (Å²) in [5.41, 5.74) is 0.203. The van der Waals surface area contributed by atoms with Crippen LogP contribution in [0.15, 0.2) is 34.9 Å². The Bertz CT molecular complexity index is 740. The van der Waals surface area contributed by atoms with Crippen molar-refractivity contribution in [3.05, 3.63) is 47.6 Å². The lowest BCUT2D eigenvalue weighted by atomic mass is 9.76. The van der Waals surface area contributed by atoms with Gasteiger partial charge >= 0.3 is 12.1 Å². The number of hydrogen-bond donors (Lipinski definition) is 2. The zero-order valence-electron chi connectivity index (χ0n) is 13.6. The van der Waals surface area contributed by atoms with Crippen LogP contribution in [-0.2, 0) is 28.1 Å². The summed E-state index contributed by atoms with van der Waals surface area (Å²) in [5.74, 6) is -0.306. The summed E-state index contributed by atoms with van der Waals surface area (Å²) in [6.07, 6.45) is 1.84. The van der Waals surface area contributed by atoms with Crippen molar-refractivity contribution in [3.8, 4) is 0 Å². The molecule has 2 aromatic rings. The molecular formula is C17H19N3O5. The zero-order valence-corrected chi connectivity index (χ0v) is 13.6. The molecule has 0 bridgehead atoms. The molecule has 1 amide bonds. The van der Waals surface area contributed by atoms with Crippen LogP contribution >= 0.6 is 0 Å². The van der Waals surface area contributed by atoms with E-state index in [9.17, 15) is 9.59 Å². The van der Waals surface area contributed by atoms with E-state index in [1.54, 1.807) is 0 Å². The number of benzene rings is 1. The Morgan fingerprint density at radius 1 is 1.28 bits per heavy atom. The van der Waals surface area contributed by atoms with Crippen LogP contribution in [0.5, 0.6) is 0 Å². The minimum atomic E-state index is -0.930. The van der Waals surface area contributed by atoms with Gasteiger partial charge in [-0.1, -0.05) is 35.5 Å². The highest BCUT2D eigenvalue weighted by atomic mass is 16.5. The van der Waals surface area contributed by atoms with Gasteiger partial charge in [0.15, 0.2) is 5.82 Å². The zero-order chi connectivity index (χ0) is 17.7. The van der Waals surface area contributed by atoms with E-state index in [1.807, 2.05) is 30.3 Å². The number of aromatic nitrogens is 2. The van der Waals surface area contributed by atoms with Gasteiger partial charge in [-0.25, -0.2) is 4.79 Å². The first kappa shape index (κ1) is 16.9. The molecule has 0 radical (unpaired) electrons. The molecule has 132 valence electrons. The fourth-order valence-corrected chi connectivity index (χ4v) is 2.65. The molecular weight excluding hydrogens is 326 g/mol. The van der Waals surface area contributed by atoms with Gasteiger partial charge in [-0.2, -0.15) is 4.98 Å². The summed E-state index contributed by atoms with van der Waals surface area (Å²) < 4.78 is 10.3. The molecule has 1 aliphatic rings. The maximum absolute atomic E-state index is 12.1. The van der Waals surface area contributed by atoms with Crippen molar-refractivity contribution in [2.24, 2.45) is 0 Å². The van der Waals surface area contributed by atoms with Crippen molar-refractivity contribution in [2.75, 3.05) is 0 Å². The maximum Gasteiger partial charge on any atom is 0.408 e. The highest BCUT2D eigenvalue weighted by Crippen LogP contribution is 2.39. The van der Waals surface area contributed by atoms with Gasteiger partial charge in [-0.3, -0.25) is 4.79 Å². The predicted octanol–water partition coefficient (Wildman–Crippen LogP) is 2.39. The number of hydrogen-bond acceptors (Lipinski definition) is 6. The molecule has 2 N–H and O–H groups in total. The molecule has 3 rings (SSSR count). The van der Waals surface area contributed by atoms with E-state index >= 15 is 0 Å². The third-order valence-electron chi connectivity index (χ3n) is 4.21. The molecule has 1 fully saturated rings. The summed E-state index contributed by atoms with van der Waals surface area (Å²) in [5, 5.41) is 15.4. The maximum atomic E-state index is 12.1. The lowest BCUT2D eigenvalue weighted by molar-refractivity contribution is -0.137. The third kappa shape index (κ3) is 4.14. The summed E-state index contributed by atoms with van der Waals surface area (Å²) in [4.78, 5) is 27.0. The number of carbonyl (C=O) groups excluding carboxylic acids is 1. The first-order chi connectivity index (χ1) is 12.1. The molecule has 1 aromatic heterocycles. The van der Waals surface area contributed by atoms with Crippen molar-refractivity contribution in [2.45, 2.75) is 44.2 Å². The molecule has 1 aromatic carbocycles. The second-order valence-electron chi connectivity index (χ2n) is 6.03. The van der Waals surface area contributed by atoms with Crippen LogP contribution in [0.3, 0.4) is 0 Å². The largest absolute Gasteiger partial charge is 0.481 e. The lowest BCUT2D eigenvalue weighted by Gasteiger charge is -2.39. The molecule has 0 aliphatic heterocycles. The molecule has 0 atom stereocenters. The van der Waals surface area contributed by atoms with Gasteiger partial charge in [0.1, 0.15) is 12.1 Å². The summed E-state index contributed by atoms with van der Waals surface area (Å²) in [6.45, 7) is 0.179. The first-order valence-corrected chi connectivity index (χ1v) is 8.11. The van der Waals surface area contributed by atoms with Crippen LogP contribution in [-0.4, -0.2) is 27.3 Å². The van der Waals surface area contributed by atoms with Crippen molar-refractivity contribution in [3.63, 3.8) is 0 Å². The molecule has 1 heterocycles. The second-order valence-corrected chi connectivity index (χ2v) is 6.03. The van der Waals surface area contributed by atoms with Crippen LogP contribution < -0.4 is 5.32 Å². The number of nitrogens with zero attached hydrogens (tertiary/aromatic N) is 2. The Kier molecular flexibility index (Phi) is 4.97. The van der Waals surface area contributed by atoms with E-state index in [0.717, 1.165) is 12.0 Å². The first-order valence-electron chi connectivity index (χ1n) is 8.11. The van der Waals surface area contributed by atoms with Crippen LogP contribution in [0.2, 0.25) is 0 Å². The Morgan fingerprint density at radius 3 is 2.68 bits per heavy atom. The number of amides is 1. The van der Waals surface area contributed by atoms with Gasteiger partial charge < -0.3 is 19.7 Å². The number of carboxylic acids is 1. The number of aliphatic carboxylic acids is 1. The normalized spacial score (nSPS) is 15.2. The van der Waals surface area contributed by atoms with Gasteiger partial charge in [0.2, 0.25) is 5.89 Å². The number of aryl methyl sites for hydroxylation is 1. The Balaban J connectivity index is 1.59. The number of nitrogens with one attached hydrogen (secondary N) is 1. The van der Waals surface area contributed by atoms with Crippen LogP contribution in [0.4, 0.5) is 4.79 Å². The average Bonchev–Trinajstić information content (AvgIpc) is 3.04. The summed E-state index contributed by atoms with van der Waals surface area (Å²) in [7, 11) is 0. The van der Waals surface area contributed by atoms with Crippen molar-refractivity contribution >= 4 is 12.1 Å². The van der Waals surface area contributed by atoms with Crippen molar-refractivity contribution in [1.82, 2.24) is 15.5 Å². The fourth-order valence-electron chi connectivity index (χ4n) is 2.65. The fraction of sp³-hybridized carbons (Fsp3) is 0.412. The second kappa shape index (κ2) is 7.33. The smallest absolute Gasteiger partial charge is 0.408 e. The number of carboxylic acid groups (broad SMARTS) is 1. The quantitative estimate of drug-likeness (QED) is 0.791. The van der Waals surface area contributed by atoms with Crippen LogP contribution in [0.1, 0.15) is 43.0 Å². The minimum Gasteiger partial charge on any atom is -0.481 e. The van der Waals surface area contributed by atoms with E-state index in [1.165, 1.54) is 0 Å². The summed E-state index contributed by atoms with van der Waals surface area (Å²) >= 11 is 0. The summed E-state index contributed by atoms with van der Waals surface area (Å²) in [6, 6.07) is 9.40. The average molecular weight is 345 g/mol. The topological polar surface area (TPSA) is 115 Å². The van der Waals surface area contributed by atoms with Gasteiger partial charge in [0, 0.05) is 6.42 Å². The van der Waals surface area contributed by atoms with E-state index < -0.39 is 17.6 Å². The highest BCUT2D eigenvalue weighted by molar-refractivity contribution is 5.68. The third-order valence-corrected chi connectivity index (χ3v) is 4.21. The minimum absolute atomic E-state index is 0.0822. The van der Waals surface area contributed by atoms with Gasteiger partial charge in [-0.15, -0.1) is 0 Å². The molecule has 0 unspecified atom stereocenters.